The van der Waals surface area contributed by atoms with Crippen LogP contribution in [0.3, 0.4) is 0 Å². The van der Waals surface area contributed by atoms with E-state index in [1.807, 2.05) is 0 Å². The van der Waals surface area contributed by atoms with E-state index in [2.05, 4.69) is 26.0 Å². The molecule has 2 rings (SSSR count). The number of rotatable bonds is 3. The van der Waals surface area contributed by atoms with E-state index in [-0.39, 0.29) is 6.04 Å². The summed E-state index contributed by atoms with van der Waals surface area (Å²) in [6.07, 6.45) is 0.853. The van der Waals surface area contributed by atoms with Gasteiger partial charge >= 0.3 is 0 Å². The van der Waals surface area contributed by atoms with Crippen LogP contribution >= 0.6 is 27.3 Å². The molecule has 0 radical (unpaired) electrons. The first-order valence-corrected chi connectivity index (χ1v) is 7.65. The first-order chi connectivity index (χ1) is 7.08. The van der Waals surface area contributed by atoms with Gasteiger partial charge in [-0.25, -0.2) is 13.1 Å². The number of nitrogens with one attached hydrogen (secondary N) is 2. The maximum Gasteiger partial charge on any atom is 0.250 e. The monoisotopic (exact) mass is 310 g/mol. The van der Waals surface area contributed by atoms with Crippen molar-refractivity contribution in [2.24, 2.45) is 0 Å². The lowest BCUT2D eigenvalue weighted by molar-refractivity contribution is 0.562. The summed E-state index contributed by atoms with van der Waals surface area (Å²) in [4.78, 5) is 0. The fourth-order valence-corrected chi connectivity index (χ4v) is 4.77. The zero-order valence-electron chi connectivity index (χ0n) is 7.86. The highest BCUT2D eigenvalue weighted by Crippen LogP contribution is 2.26. The zero-order chi connectivity index (χ0) is 10.9. The minimum Gasteiger partial charge on any atom is -0.315 e. The maximum absolute atomic E-state index is 11.9. The second kappa shape index (κ2) is 4.50. The quantitative estimate of drug-likeness (QED) is 0.880. The van der Waals surface area contributed by atoms with Gasteiger partial charge in [0.15, 0.2) is 0 Å². The Bertz CT molecular complexity index is 437. The Hall–Kier alpha value is 0.0500. The molecular weight excluding hydrogens is 300 g/mol. The van der Waals surface area contributed by atoms with Crippen LogP contribution in [-0.4, -0.2) is 27.5 Å². The highest BCUT2D eigenvalue weighted by Gasteiger charge is 2.23. The van der Waals surface area contributed by atoms with Gasteiger partial charge in [-0.1, -0.05) is 0 Å². The van der Waals surface area contributed by atoms with Gasteiger partial charge in [-0.3, -0.25) is 0 Å². The van der Waals surface area contributed by atoms with E-state index in [1.54, 1.807) is 12.1 Å². The normalized spacial score (nSPS) is 22.1. The van der Waals surface area contributed by atoms with Crippen LogP contribution in [0.1, 0.15) is 6.42 Å². The van der Waals surface area contributed by atoms with Crippen LogP contribution < -0.4 is 10.0 Å². The summed E-state index contributed by atoms with van der Waals surface area (Å²) in [6.45, 7) is 1.59. The lowest BCUT2D eigenvalue weighted by Crippen LogP contribution is -2.35. The standard InChI is InChI=1S/C8H11BrN2O2S2/c9-7-1-2-8(14-7)15(12,13)11-6-3-4-10-5-6/h1-2,6,10-11H,3-5H2/t6-/m1/s1. The van der Waals surface area contributed by atoms with Gasteiger partial charge in [-0.2, -0.15) is 0 Å². The third-order valence-electron chi connectivity index (χ3n) is 2.20. The van der Waals surface area contributed by atoms with Gasteiger partial charge in [0.1, 0.15) is 4.21 Å². The topological polar surface area (TPSA) is 58.2 Å². The summed E-state index contributed by atoms with van der Waals surface area (Å²) < 4.78 is 27.6. The molecule has 1 aromatic heterocycles. The minimum absolute atomic E-state index is 0.0240. The third kappa shape index (κ3) is 2.79. The Kier molecular flexibility index (Phi) is 3.46. The molecule has 1 aromatic rings. The Labute approximate surface area is 101 Å². The Balaban J connectivity index is 2.12. The van der Waals surface area contributed by atoms with Gasteiger partial charge in [0.25, 0.3) is 0 Å². The molecule has 0 aromatic carbocycles. The van der Waals surface area contributed by atoms with Crippen molar-refractivity contribution < 1.29 is 8.42 Å². The molecule has 0 unspecified atom stereocenters. The molecule has 15 heavy (non-hydrogen) atoms. The lowest BCUT2D eigenvalue weighted by Gasteiger charge is -2.10. The van der Waals surface area contributed by atoms with Gasteiger partial charge in [0, 0.05) is 12.6 Å². The Morgan fingerprint density at radius 3 is 2.87 bits per heavy atom. The van der Waals surface area contributed by atoms with Crippen LogP contribution in [0.2, 0.25) is 0 Å². The molecule has 0 spiro atoms. The second-order valence-electron chi connectivity index (χ2n) is 3.37. The fourth-order valence-electron chi connectivity index (χ4n) is 1.47. The van der Waals surface area contributed by atoms with E-state index in [0.29, 0.717) is 10.8 Å². The van der Waals surface area contributed by atoms with Gasteiger partial charge in [0.2, 0.25) is 10.0 Å². The van der Waals surface area contributed by atoms with E-state index in [0.717, 1.165) is 16.8 Å². The second-order valence-corrected chi connectivity index (χ2v) is 7.77. The molecular formula is C8H11BrN2O2S2. The van der Waals surface area contributed by atoms with Crippen molar-refractivity contribution >= 4 is 37.3 Å². The molecule has 0 aliphatic carbocycles. The molecule has 1 aliphatic heterocycles. The fraction of sp³-hybridized carbons (Fsp3) is 0.500. The molecule has 0 bridgehead atoms. The van der Waals surface area contributed by atoms with Gasteiger partial charge < -0.3 is 5.32 Å². The van der Waals surface area contributed by atoms with Crippen LogP contribution in [0.15, 0.2) is 20.1 Å². The molecule has 1 fully saturated rings. The summed E-state index contributed by atoms with van der Waals surface area (Å²) in [5.74, 6) is 0. The largest absolute Gasteiger partial charge is 0.315 e. The number of hydrogen-bond acceptors (Lipinski definition) is 4. The average molecular weight is 311 g/mol. The predicted octanol–water partition coefficient (Wildman–Crippen LogP) is 1.15. The summed E-state index contributed by atoms with van der Waals surface area (Å²) in [7, 11) is -3.32. The first-order valence-electron chi connectivity index (χ1n) is 4.56. The lowest BCUT2D eigenvalue weighted by atomic mass is 10.3. The van der Waals surface area contributed by atoms with Crippen molar-refractivity contribution in [1.82, 2.24) is 10.0 Å². The van der Waals surface area contributed by atoms with Crippen molar-refractivity contribution in [2.45, 2.75) is 16.7 Å². The van der Waals surface area contributed by atoms with Crippen LogP contribution in [-0.2, 0) is 10.0 Å². The summed E-state index contributed by atoms with van der Waals surface area (Å²) in [6, 6.07) is 3.38. The smallest absolute Gasteiger partial charge is 0.250 e. The number of halogens is 1. The molecule has 2 heterocycles. The molecule has 0 amide bonds. The number of sulfonamides is 1. The van der Waals surface area contributed by atoms with Gasteiger partial charge in [-0.05, 0) is 41.0 Å². The van der Waals surface area contributed by atoms with Crippen molar-refractivity contribution in [2.75, 3.05) is 13.1 Å². The molecule has 0 saturated carbocycles. The maximum atomic E-state index is 11.9. The van der Waals surface area contributed by atoms with Crippen molar-refractivity contribution in [3.63, 3.8) is 0 Å². The predicted molar refractivity (Wildman–Crippen MR) is 63.6 cm³/mol. The van der Waals surface area contributed by atoms with Crippen LogP contribution in [0.25, 0.3) is 0 Å². The molecule has 2 N–H and O–H groups in total. The van der Waals surface area contributed by atoms with E-state index < -0.39 is 10.0 Å². The van der Waals surface area contributed by atoms with E-state index in [4.69, 9.17) is 0 Å². The Morgan fingerprint density at radius 2 is 2.33 bits per heavy atom. The average Bonchev–Trinajstić information content (AvgIpc) is 2.75. The number of thiophene rings is 1. The van der Waals surface area contributed by atoms with Crippen molar-refractivity contribution in [1.29, 1.82) is 0 Å². The Morgan fingerprint density at radius 1 is 1.53 bits per heavy atom. The minimum atomic E-state index is -3.32. The van der Waals surface area contributed by atoms with Crippen LogP contribution in [0.4, 0.5) is 0 Å². The highest BCUT2D eigenvalue weighted by molar-refractivity contribution is 9.11. The molecule has 1 aliphatic rings. The molecule has 1 saturated heterocycles. The van der Waals surface area contributed by atoms with Crippen LogP contribution in [0, 0.1) is 0 Å². The van der Waals surface area contributed by atoms with E-state index in [9.17, 15) is 8.42 Å². The SMILES string of the molecule is O=S(=O)(N[C@@H]1CCNC1)c1ccc(Br)s1. The molecule has 1 atom stereocenters. The van der Waals surface area contributed by atoms with E-state index >= 15 is 0 Å². The summed E-state index contributed by atoms with van der Waals surface area (Å²) >= 11 is 4.48. The van der Waals surface area contributed by atoms with Gasteiger partial charge in [-0.15, -0.1) is 11.3 Å². The van der Waals surface area contributed by atoms with E-state index in [1.165, 1.54) is 11.3 Å². The van der Waals surface area contributed by atoms with Gasteiger partial charge in [0.05, 0.1) is 3.79 Å². The van der Waals surface area contributed by atoms with Crippen molar-refractivity contribution in [3.05, 3.63) is 15.9 Å². The first kappa shape index (κ1) is 11.5. The van der Waals surface area contributed by atoms with Crippen molar-refractivity contribution in [3.8, 4) is 0 Å². The summed E-state index contributed by atoms with van der Waals surface area (Å²) in [5, 5.41) is 3.12. The third-order valence-corrected chi connectivity index (χ3v) is 5.83. The molecule has 84 valence electrons. The highest BCUT2D eigenvalue weighted by atomic mass is 79.9. The van der Waals surface area contributed by atoms with Crippen LogP contribution in [0.5, 0.6) is 0 Å². The number of hydrogen-bond donors (Lipinski definition) is 2. The molecule has 7 heteroatoms. The zero-order valence-corrected chi connectivity index (χ0v) is 11.1. The molecule has 4 nitrogen and oxygen atoms in total. The summed E-state index contributed by atoms with van der Waals surface area (Å²) in [5.41, 5.74) is 0.